The molecule has 0 spiro atoms. The van der Waals surface area contributed by atoms with Gasteiger partial charge in [-0.2, -0.15) is 0 Å². The second-order valence-electron chi connectivity index (χ2n) is 7.16. The molecule has 0 radical (unpaired) electrons. The maximum atomic E-state index is 13.0. The van der Waals surface area contributed by atoms with Gasteiger partial charge in [0, 0.05) is 12.1 Å². The second kappa shape index (κ2) is 8.67. The number of nitrogens with one attached hydrogen (secondary N) is 1. The van der Waals surface area contributed by atoms with Crippen LogP contribution in [-0.2, 0) is 0 Å². The van der Waals surface area contributed by atoms with Crippen molar-refractivity contribution in [2.45, 2.75) is 25.8 Å². The number of amides is 1. The third-order valence-corrected chi connectivity index (χ3v) is 6.18. The van der Waals surface area contributed by atoms with Crippen LogP contribution in [0.15, 0.2) is 60.7 Å². The fourth-order valence-electron chi connectivity index (χ4n) is 3.83. The lowest BCUT2D eigenvalue weighted by Gasteiger charge is -2.28. The molecule has 0 bridgehead atoms. The highest BCUT2D eigenvalue weighted by atomic mass is 32.1. The number of carbonyl (C=O) groups is 1. The lowest BCUT2D eigenvalue weighted by atomic mass is 10.1. The number of hydrogen-bond acceptors (Lipinski definition) is 4. The average molecular weight is 392 g/mol. The molecule has 1 amide bonds. The first-order valence-corrected chi connectivity index (χ1v) is 10.6. The lowest BCUT2D eigenvalue weighted by Crippen LogP contribution is -2.36. The number of carbonyl (C=O) groups excluding carboxylic acids is 1. The predicted octanol–water partition coefficient (Wildman–Crippen LogP) is 4.69. The van der Waals surface area contributed by atoms with Crippen molar-refractivity contribution in [3.05, 3.63) is 76.1 Å². The van der Waals surface area contributed by atoms with Crippen molar-refractivity contribution in [3.8, 4) is 11.3 Å². The zero-order chi connectivity index (χ0) is 19.3. The number of benzene rings is 2. The van der Waals surface area contributed by atoms with Gasteiger partial charge in [0.1, 0.15) is 4.88 Å². The van der Waals surface area contributed by atoms with E-state index < -0.39 is 0 Å². The molecule has 4 rings (SSSR count). The van der Waals surface area contributed by atoms with Crippen LogP contribution >= 0.6 is 11.3 Å². The molecule has 5 heteroatoms. The number of nitrogens with zero attached hydrogens (tertiary/aromatic N) is 2. The van der Waals surface area contributed by atoms with E-state index >= 15 is 0 Å². The minimum atomic E-state index is -0.0374. The van der Waals surface area contributed by atoms with E-state index in [4.69, 9.17) is 0 Å². The summed E-state index contributed by atoms with van der Waals surface area (Å²) in [5.74, 6) is -0.0374. The van der Waals surface area contributed by atoms with Crippen LogP contribution in [0.4, 0.5) is 0 Å². The number of hydrogen-bond donors (Lipinski definition) is 1. The Kier molecular flexibility index (Phi) is 5.84. The maximum Gasteiger partial charge on any atom is 0.263 e. The number of aromatic nitrogens is 1. The van der Waals surface area contributed by atoms with E-state index in [9.17, 15) is 4.79 Å². The molecule has 144 valence electrons. The van der Waals surface area contributed by atoms with Crippen LogP contribution in [0.3, 0.4) is 0 Å². The Labute approximate surface area is 170 Å². The topological polar surface area (TPSA) is 45.2 Å². The maximum absolute atomic E-state index is 13.0. The van der Waals surface area contributed by atoms with E-state index in [2.05, 4.69) is 39.5 Å². The second-order valence-corrected chi connectivity index (χ2v) is 8.36. The van der Waals surface area contributed by atoms with Gasteiger partial charge in [0.2, 0.25) is 0 Å². The molecule has 28 heavy (non-hydrogen) atoms. The standard InChI is InChI=1S/C23H25N3OS/c1-17-25-21(19-12-6-3-7-13-19)22(28-17)23(27)24-16-20(26-14-8-9-15-26)18-10-4-2-5-11-18/h2-7,10-13,20H,8-9,14-16H2,1H3,(H,24,27)/t20-/m1/s1. The van der Waals surface area contributed by atoms with Gasteiger partial charge in [-0.15, -0.1) is 11.3 Å². The van der Waals surface area contributed by atoms with Gasteiger partial charge in [0.15, 0.2) is 0 Å². The minimum absolute atomic E-state index is 0.0374. The molecule has 2 aromatic carbocycles. The zero-order valence-electron chi connectivity index (χ0n) is 16.1. The number of aryl methyl sites for hydroxylation is 1. The Morgan fingerprint density at radius 2 is 1.71 bits per heavy atom. The number of likely N-dealkylation sites (tertiary alicyclic amines) is 1. The van der Waals surface area contributed by atoms with Crippen molar-refractivity contribution in [1.29, 1.82) is 0 Å². The molecule has 1 N–H and O–H groups in total. The van der Waals surface area contributed by atoms with Crippen LogP contribution in [0.2, 0.25) is 0 Å². The van der Waals surface area contributed by atoms with E-state index in [-0.39, 0.29) is 11.9 Å². The van der Waals surface area contributed by atoms with E-state index in [0.717, 1.165) is 29.4 Å². The highest BCUT2D eigenvalue weighted by Crippen LogP contribution is 2.29. The van der Waals surface area contributed by atoms with E-state index in [1.54, 1.807) is 0 Å². The van der Waals surface area contributed by atoms with Crippen molar-refractivity contribution in [2.75, 3.05) is 19.6 Å². The summed E-state index contributed by atoms with van der Waals surface area (Å²) in [4.78, 5) is 20.8. The van der Waals surface area contributed by atoms with Crippen molar-refractivity contribution in [2.24, 2.45) is 0 Å². The molecule has 0 unspecified atom stereocenters. The normalized spacial score (nSPS) is 15.5. The van der Waals surface area contributed by atoms with Crippen LogP contribution in [0.25, 0.3) is 11.3 Å². The molecule has 4 nitrogen and oxygen atoms in total. The molecule has 1 fully saturated rings. The molecule has 1 aromatic heterocycles. The SMILES string of the molecule is Cc1nc(-c2ccccc2)c(C(=O)NC[C@H](c2ccccc2)N2CCCC2)s1. The molecular formula is C23H25N3OS. The van der Waals surface area contributed by atoms with Gasteiger partial charge < -0.3 is 5.32 Å². The fourth-order valence-corrected chi connectivity index (χ4v) is 4.69. The molecule has 1 atom stereocenters. The summed E-state index contributed by atoms with van der Waals surface area (Å²) < 4.78 is 0. The van der Waals surface area contributed by atoms with Crippen molar-refractivity contribution < 1.29 is 4.79 Å². The first-order chi connectivity index (χ1) is 13.7. The summed E-state index contributed by atoms with van der Waals surface area (Å²) in [5.41, 5.74) is 3.02. The third-order valence-electron chi connectivity index (χ3n) is 5.21. The fraction of sp³-hybridized carbons (Fsp3) is 0.304. The van der Waals surface area contributed by atoms with Crippen molar-refractivity contribution >= 4 is 17.2 Å². The summed E-state index contributed by atoms with van der Waals surface area (Å²) in [5, 5.41) is 4.09. The summed E-state index contributed by atoms with van der Waals surface area (Å²) in [7, 11) is 0. The average Bonchev–Trinajstić information content (AvgIpc) is 3.39. The zero-order valence-corrected chi connectivity index (χ0v) is 16.9. The molecule has 0 saturated carbocycles. The first kappa shape index (κ1) is 18.8. The van der Waals surface area contributed by atoms with Crippen LogP contribution < -0.4 is 5.32 Å². The van der Waals surface area contributed by atoms with Crippen molar-refractivity contribution in [1.82, 2.24) is 15.2 Å². The highest BCUT2D eigenvalue weighted by Gasteiger charge is 2.25. The quantitative estimate of drug-likeness (QED) is 0.663. The van der Waals surface area contributed by atoms with Crippen molar-refractivity contribution in [3.63, 3.8) is 0 Å². The minimum Gasteiger partial charge on any atom is -0.349 e. The smallest absolute Gasteiger partial charge is 0.263 e. The first-order valence-electron chi connectivity index (χ1n) is 9.82. The monoisotopic (exact) mass is 391 g/mol. The van der Waals surface area contributed by atoms with Crippen LogP contribution in [0, 0.1) is 6.92 Å². The van der Waals surface area contributed by atoms with Gasteiger partial charge >= 0.3 is 0 Å². The van der Waals surface area contributed by atoms with E-state index in [1.165, 1.54) is 29.7 Å². The summed E-state index contributed by atoms with van der Waals surface area (Å²) >= 11 is 1.46. The van der Waals surface area contributed by atoms with Crippen LogP contribution in [0.5, 0.6) is 0 Å². The van der Waals surface area contributed by atoms with E-state index in [1.807, 2.05) is 43.3 Å². The molecule has 3 aromatic rings. The van der Waals surface area contributed by atoms with Gasteiger partial charge in [0.05, 0.1) is 16.7 Å². The van der Waals surface area contributed by atoms with Gasteiger partial charge in [-0.25, -0.2) is 4.98 Å². The molecule has 1 aliphatic rings. The molecule has 0 aliphatic carbocycles. The lowest BCUT2D eigenvalue weighted by molar-refractivity contribution is 0.0942. The Hall–Kier alpha value is -2.50. The Morgan fingerprint density at radius 3 is 2.39 bits per heavy atom. The van der Waals surface area contributed by atoms with E-state index in [0.29, 0.717) is 11.4 Å². The van der Waals surface area contributed by atoms with Gasteiger partial charge in [-0.3, -0.25) is 9.69 Å². The number of thiazole rings is 1. The Bertz CT molecular complexity index is 918. The van der Waals surface area contributed by atoms with Crippen LogP contribution in [0.1, 0.15) is 39.1 Å². The largest absolute Gasteiger partial charge is 0.349 e. The third kappa shape index (κ3) is 4.16. The number of rotatable bonds is 6. The van der Waals surface area contributed by atoms with Gasteiger partial charge in [0.25, 0.3) is 5.91 Å². The summed E-state index contributed by atoms with van der Waals surface area (Å²) in [6, 6.07) is 20.6. The van der Waals surface area contributed by atoms with Gasteiger partial charge in [-0.1, -0.05) is 60.7 Å². The Morgan fingerprint density at radius 1 is 1.07 bits per heavy atom. The van der Waals surface area contributed by atoms with Gasteiger partial charge in [-0.05, 0) is 38.4 Å². The summed E-state index contributed by atoms with van der Waals surface area (Å²) in [6.07, 6.45) is 2.45. The Balaban J connectivity index is 1.53. The molecule has 1 saturated heterocycles. The molecular weight excluding hydrogens is 366 g/mol. The summed E-state index contributed by atoms with van der Waals surface area (Å²) in [6.45, 7) is 4.73. The molecule has 1 aliphatic heterocycles. The molecule has 2 heterocycles. The predicted molar refractivity (Wildman–Crippen MR) is 115 cm³/mol. The highest BCUT2D eigenvalue weighted by molar-refractivity contribution is 7.14. The van der Waals surface area contributed by atoms with Crippen LogP contribution in [-0.4, -0.2) is 35.4 Å².